The lowest BCUT2D eigenvalue weighted by molar-refractivity contribution is 0.660. The van der Waals surface area contributed by atoms with Crippen molar-refractivity contribution < 1.29 is 0 Å². The zero-order valence-corrected chi connectivity index (χ0v) is 32.7. The van der Waals surface area contributed by atoms with Gasteiger partial charge in [-0.25, -0.2) is 0 Å². The van der Waals surface area contributed by atoms with Gasteiger partial charge in [-0.1, -0.05) is 190 Å². The Labute approximate surface area is 340 Å². The Bertz CT molecular complexity index is 3180. The minimum absolute atomic E-state index is 0.133. The van der Waals surface area contributed by atoms with Crippen molar-refractivity contribution in [3.8, 4) is 44.5 Å². The lowest BCUT2D eigenvalue weighted by Crippen LogP contribution is -2.17. The van der Waals surface area contributed by atoms with E-state index in [-0.39, 0.29) is 5.41 Å². The van der Waals surface area contributed by atoms with Crippen LogP contribution in [0, 0.1) is 0 Å². The quantitative estimate of drug-likeness (QED) is 0.154. The average molecular weight is 740 g/mol. The molecule has 58 heavy (non-hydrogen) atoms. The van der Waals surface area contributed by atoms with Gasteiger partial charge in [0, 0.05) is 22.4 Å². The van der Waals surface area contributed by atoms with Crippen LogP contribution in [0.2, 0.25) is 0 Å². The summed E-state index contributed by atoms with van der Waals surface area (Å²) < 4.78 is 0. The lowest BCUT2D eigenvalue weighted by atomic mass is 9.82. The summed E-state index contributed by atoms with van der Waals surface area (Å²) in [6, 6.07) is 78.3. The average Bonchev–Trinajstić information content (AvgIpc) is 3.51. The van der Waals surface area contributed by atoms with Gasteiger partial charge in [0.1, 0.15) is 0 Å². The molecule has 0 saturated heterocycles. The minimum atomic E-state index is -0.133. The summed E-state index contributed by atoms with van der Waals surface area (Å²) in [5, 5.41) is 7.58. The Kier molecular flexibility index (Phi) is 7.91. The highest BCUT2D eigenvalue weighted by Gasteiger charge is 2.36. The normalized spacial score (nSPS) is 12.8. The van der Waals surface area contributed by atoms with E-state index in [2.05, 4.69) is 231 Å². The van der Waals surface area contributed by atoms with Crippen molar-refractivity contribution in [3.63, 3.8) is 0 Å². The van der Waals surface area contributed by atoms with Gasteiger partial charge in [0.15, 0.2) is 0 Å². The third-order valence-electron chi connectivity index (χ3n) is 12.5. The Morgan fingerprint density at radius 1 is 0.310 bits per heavy atom. The molecule has 0 bridgehead atoms. The van der Waals surface area contributed by atoms with Crippen molar-refractivity contribution in [2.75, 3.05) is 4.90 Å². The molecule has 0 heterocycles. The van der Waals surface area contributed by atoms with Gasteiger partial charge in [0.05, 0.1) is 5.69 Å². The number of hydrogen-bond donors (Lipinski definition) is 0. The molecule has 0 radical (unpaired) electrons. The highest BCUT2D eigenvalue weighted by Crippen LogP contribution is 2.52. The molecule has 0 saturated carbocycles. The topological polar surface area (TPSA) is 3.24 Å². The molecule has 274 valence electrons. The van der Waals surface area contributed by atoms with Gasteiger partial charge in [0.25, 0.3) is 0 Å². The molecule has 1 nitrogen and oxygen atoms in total. The maximum Gasteiger partial charge on any atom is 0.0546 e. The Morgan fingerprint density at radius 2 is 0.897 bits per heavy atom. The zero-order chi connectivity index (χ0) is 38.8. The van der Waals surface area contributed by atoms with E-state index in [0.29, 0.717) is 0 Å². The number of nitrogens with zero attached hydrogens (tertiary/aromatic N) is 1. The number of anilines is 3. The van der Waals surface area contributed by atoms with E-state index >= 15 is 0 Å². The second kappa shape index (κ2) is 13.5. The number of benzene rings is 10. The van der Waals surface area contributed by atoms with Crippen molar-refractivity contribution in [1.29, 1.82) is 0 Å². The first-order valence-corrected chi connectivity index (χ1v) is 20.3. The summed E-state index contributed by atoms with van der Waals surface area (Å²) in [5.41, 5.74) is 15.8. The fourth-order valence-electron chi connectivity index (χ4n) is 9.48. The van der Waals surface area contributed by atoms with E-state index in [4.69, 9.17) is 0 Å². The van der Waals surface area contributed by atoms with Gasteiger partial charge in [0.2, 0.25) is 0 Å². The molecule has 1 heteroatoms. The number of hydrogen-bond acceptors (Lipinski definition) is 1. The van der Waals surface area contributed by atoms with E-state index in [1.807, 2.05) is 0 Å². The van der Waals surface area contributed by atoms with Crippen LogP contribution in [0.5, 0.6) is 0 Å². The third-order valence-corrected chi connectivity index (χ3v) is 12.5. The van der Waals surface area contributed by atoms with Gasteiger partial charge < -0.3 is 4.90 Å². The molecular weight excluding hydrogens is 699 g/mol. The van der Waals surface area contributed by atoms with Crippen molar-refractivity contribution in [1.82, 2.24) is 0 Å². The molecule has 10 aromatic carbocycles. The number of fused-ring (bicyclic) bond motifs is 7. The molecule has 0 N–H and O–H groups in total. The SMILES string of the molecule is CC1(C)c2ccccc2-c2ccc(N(c3ccc(-c4ccc5c(ccc6ccccc65)c4)cc3)c3cc(-c4cccc5ccccc45)ccc3-c3ccccc3)cc21. The lowest BCUT2D eigenvalue weighted by Gasteiger charge is -2.30. The van der Waals surface area contributed by atoms with Crippen LogP contribution in [-0.4, -0.2) is 0 Å². The molecule has 1 aliphatic carbocycles. The van der Waals surface area contributed by atoms with Gasteiger partial charge in [-0.15, -0.1) is 0 Å². The summed E-state index contributed by atoms with van der Waals surface area (Å²) in [6.45, 7) is 4.73. The minimum Gasteiger partial charge on any atom is -0.310 e. The number of rotatable bonds is 6. The third kappa shape index (κ3) is 5.54. The summed E-state index contributed by atoms with van der Waals surface area (Å²) in [6.07, 6.45) is 0. The fourth-order valence-corrected chi connectivity index (χ4v) is 9.48. The molecule has 10 aromatic rings. The maximum absolute atomic E-state index is 2.48. The van der Waals surface area contributed by atoms with Crippen molar-refractivity contribution in [2.24, 2.45) is 0 Å². The Hall–Kier alpha value is -7.22. The molecule has 0 amide bonds. The molecule has 1 aliphatic rings. The second-order valence-corrected chi connectivity index (χ2v) is 16.1. The van der Waals surface area contributed by atoms with E-state index in [9.17, 15) is 0 Å². The van der Waals surface area contributed by atoms with Crippen LogP contribution in [0.1, 0.15) is 25.0 Å². The molecule has 0 unspecified atom stereocenters. The standard InChI is InChI=1S/C57H41N/c1-57(2)54-22-11-10-20-52(54)53-34-31-46(37-55(53)57)58(45-29-25-38(26-30-45)42-27-32-50-43(35-42)24-23-41-16-7-9-19-48(41)50)56-36-44(28-33-51(56)40-13-4-3-5-14-40)49-21-12-17-39-15-6-8-18-47(39)49/h3-37H,1-2H3. The summed E-state index contributed by atoms with van der Waals surface area (Å²) in [4.78, 5) is 2.48. The largest absolute Gasteiger partial charge is 0.310 e. The van der Waals surface area contributed by atoms with Crippen LogP contribution >= 0.6 is 0 Å². The molecule has 0 fully saturated rings. The predicted octanol–water partition coefficient (Wildman–Crippen LogP) is 15.9. The summed E-state index contributed by atoms with van der Waals surface area (Å²) in [5.74, 6) is 0. The van der Waals surface area contributed by atoms with E-state index in [1.54, 1.807) is 0 Å². The zero-order valence-electron chi connectivity index (χ0n) is 32.7. The first-order chi connectivity index (χ1) is 28.5. The monoisotopic (exact) mass is 739 g/mol. The molecule has 0 aromatic heterocycles. The van der Waals surface area contributed by atoms with Gasteiger partial charge in [-0.2, -0.15) is 0 Å². The second-order valence-electron chi connectivity index (χ2n) is 16.1. The van der Waals surface area contributed by atoms with Gasteiger partial charge in [-0.05, 0) is 119 Å². The van der Waals surface area contributed by atoms with Crippen LogP contribution in [0.3, 0.4) is 0 Å². The highest BCUT2D eigenvalue weighted by atomic mass is 15.1. The fraction of sp³-hybridized carbons (Fsp3) is 0.0526. The predicted molar refractivity (Wildman–Crippen MR) is 248 cm³/mol. The smallest absolute Gasteiger partial charge is 0.0546 e. The Balaban J connectivity index is 1.11. The van der Waals surface area contributed by atoms with Crippen LogP contribution < -0.4 is 4.90 Å². The highest BCUT2D eigenvalue weighted by molar-refractivity contribution is 6.08. The van der Waals surface area contributed by atoms with E-state index in [0.717, 1.165) is 17.1 Å². The van der Waals surface area contributed by atoms with Crippen molar-refractivity contribution in [3.05, 3.63) is 223 Å². The van der Waals surface area contributed by atoms with Gasteiger partial charge >= 0.3 is 0 Å². The van der Waals surface area contributed by atoms with Crippen LogP contribution in [0.25, 0.3) is 76.8 Å². The van der Waals surface area contributed by atoms with E-state index in [1.165, 1.54) is 88.0 Å². The first-order valence-electron chi connectivity index (χ1n) is 20.3. The summed E-state index contributed by atoms with van der Waals surface area (Å²) >= 11 is 0. The first kappa shape index (κ1) is 34.1. The molecular formula is C57H41N. The summed E-state index contributed by atoms with van der Waals surface area (Å²) in [7, 11) is 0. The van der Waals surface area contributed by atoms with Crippen LogP contribution in [-0.2, 0) is 5.41 Å². The molecule has 0 aliphatic heterocycles. The Morgan fingerprint density at radius 3 is 1.74 bits per heavy atom. The van der Waals surface area contributed by atoms with Crippen molar-refractivity contribution >= 4 is 49.4 Å². The van der Waals surface area contributed by atoms with Crippen molar-refractivity contribution in [2.45, 2.75) is 19.3 Å². The molecule has 0 spiro atoms. The van der Waals surface area contributed by atoms with Gasteiger partial charge in [-0.3, -0.25) is 0 Å². The molecule has 0 atom stereocenters. The van der Waals surface area contributed by atoms with Crippen LogP contribution in [0.15, 0.2) is 212 Å². The maximum atomic E-state index is 2.48. The molecule has 11 rings (SSSR count). The van der Waals surface area contributed by atoms with E-state index < -0.39 is 0 Å². The van der Waals surface area contributed by atoms with Crippen LogP contribution in [0.4, 0.5) is 17.1 Å².